The van der Waals surface area contributed by atoms with Gasteiger partial charge in [-0.3, -0.25) is 0 Å². The van der Waals surface area contributed by atoms with Gasteiger partial charge in [0.2, 0.25) is 0 Å². The zero-order chi connectivity index (χ0) is 3.58. The third kappa shape index (κ3) is 35.6. The molecule has 0 amide bonds. The van der Waals surface area contributed by atoms with E-state index in [0.29, 0.717) is 4.83 Å². The molecule has 0 unspecified atom stereocenters. The van der Waals surface area contributed by atoms with Gasteiger partial charge in [0.1, 0.15) is 0 Å². The minimum Gasteiger partial charge on any atom is -1.00 e. The Kier molecular flexibility index (Phi) is 10.0. The summed E-state index contributed by atoms with van der Waals surface area (Å²) in [6.45, 7) is 4.17. The van der Waals surface area contributed by atoms with Gasteiger partial charge < -0.3 is 2.85 Å². The van der Waals surface area contributed by atoms with Gasteiger partial charge in [0, 0.05) is 4.83 Å². The second-order valence-corrected chi connectivity index (χ2v) is 2.85. The average molecular weight is 149 g/mol. The third-order valence-corrected chi connectivity index (χ3v) is 0. The van der Waals surface area contributed by atoms with E-state index in [9.17, 15) is 0 Å². The summed E-state index contributed by atoms with van der Waals surface area (Å²) in [5.41, 5.74) is 0. The molecular formula is C3H9BrMg. The number of hydrogen-bond donors (Lipinski definition) is 0. The zero-order valence-corrected chi connectivity index (χ0v) is 6.66. The maximum atomic E-state index is 3.27. The van der Waals surface area contributed by atoms with Gasteiger partial charge in [-0.2, -0.15) is 0 Å². The second kappa shape index (κ2) is 5.25. The summed E-state index contributed by atoms with van der Waals surface area (Å²) in [7, 11) is 0. The van der Waals surface area contributed by atoms with Crippen LogP contribution in [0.4, 0.5) is 0 Å². The van der Waals surface area contributed by atoms with Crippen molar-refractivity contribution in [3.63, 3.8) is 0 Å². The number of hydrogen-bond acceptors (Lipinski definition) is 0. The fourth-order valence-electron chi connectivity index (χ4n) is 0. The molecule has 0 rings (SSSR count). The van der Waals surface area contributed by atoms with E-state index in [1.54, 1.807) is 0 Å². The summed E-state index contributed by atoms with van der Waals surface area (Å²) >= 11 is 3.27. The third-order valence-electron chi connectivity index (χ3n) is 0. The van der Waals surface area contributed by atoms with E-state index >= 15 is 0 Å². The van der Waals surface area contributed by atoms with Gasteiger partial charge in [-0.15, -0.1) is 0 Å². The molecule has 0 saturated carbocycles. The van der Waals surface area contributed by atoms with Crippen LogP contribution in [0.2, 0.25) is 0 Å². The van der Waals surface area contributed by atoms with Crippen LogP contribution in [0.25, 0.3) is 0 Å². The Bertz CT molecular complexity index is 17.7. The van der Waals surface area contributed by atoms with Gasteiger partial charge in [0.05, 0.1) is 0 Å². The largest absolute Gasteiger partial charge is 2.00 e. The van der Waals surface area contributed by atoms with Crippen LogP contribution >= 0.6 is 15.9 Å². The van der Waals surface area contributed by atoms with Crippen LogP contribution in [-0.2, 0) is 0 Å². The number of alkyl halides is 1. The molecule has 30 valence electrons. The van der Waals surface area contributed by atoms with Crippen LogP contribution in [0.3, 0.4) is 0 Å². The minimum absolute atomic E-state index is 0. The number of rotatable bonds is 0. The van der Waals surface area contributed by atoms with Gasteiger partial charge >= 0.3 is 23.1 Å². The monoisotopic (exact) mass is 148 g/mol. The molecule has 0 aromatic rings. The molecule has 0 aliphatic rings. The van der Waals surface area contributed by atoms with Gasteiger partial charge in [-0.25, -0.2) is 0 Å². The smallest absolute Gasteiger partial charge is 1.00 e. The molecule has 0 fully saturated rings. The molecule has 0 nitrogen and oxygen atoms in total. The average Bonchev–Trinajstić information content (AvgIpc) is 0.811. The van der Waals surface area contributed by atoms with E-state index < -0.39 is 0 Å². The Hall–Kier alpha value is 1.25. The van der Waals surface area contributed by atoms with Crippen molar-refractivity contribution in [2.24, 2.45) is 0 Å². The van der Waals surface area contributed by atoms with E-state index in [4.69, 9.17) is 0 Å². The van der Waals surface area contributed by atoms with Crippen molar-refractivity contribution >= 4 is 39.0 Å². The zero-order valence-electron chi connectivity index (χ0n) is 5.66. The van der Waals surface area contributed by atoms with E-state index in [1.807, 2.05) is 0 Å². The fraction of sp³-hybridized carbons (Fsp3) is 1.00. The summed E-state index contributed by atoms with van der Waals surface area (Å²) in [5.74, 6) is 0. The van der Waals surface area contributed by atoms with Crippen LogP contribution in [0.5, 0.6) is 0 Å². The van der Waals surface area contributed by atoms with Crippen molar-refractivity contribution in [3.05, 3.63) is 0 Å². The Morgan fingerprint density at radius 2 is 1.60 bits per heavy atom. The molecule has 0 aliphatic carbocycles. The summed E-state index contributed by atoms with van der Waals surface area (Å²) < 4.78 is 0. The van der Waals surface area contributed by atoms with Gasteiger partial charge in [0.15, 0.2) is 0 Å². The van der Waals surface area contributed by atoms with Crippen molar-refractivity contribution in [3.8, 4) is 0 Å². The predicted octanol–water partition coefficient (Wildman–Crippen LogP) is 1.63. The summed E-state index contributed by atoms with van der Waals surface area (Å²) in [6.07, 6.45) is 0. The van der Waals surface area contributed by atoms with Crippen molar-refractivity contribution in [2.45, 2.75) is 18.7 Å². The maximum Gasteiger partial charge on any atom is 2.00 e. The van der Waals surface area contributed by atoms with Crippen LogP contribution in [0.1, 0.15) is 16.7 Å². The number of halogens is 1. The van der Waals surface area contributed by atoms with Crippen LogP contribution in [-0.4, -0.2) is 27.9 Å². The Morgan fingerprint density at radius 1 is 1.60 bits per heavy atom. The first-order valence-electron chi connectivity index (χ1n) is 1.37. The molecule has 0 radical (unpaired) electrons. The SMILES string of the molecule is CC(C)Br.[H-].[H-].[Mg+2]. The Balaban J connectivity index is -0.0000000150. The first-order valence-corrected chi connectivity index (χ1v) is 2.29. The molecular weight excluding hydrogens is 140 g/mol. The summed E-state index contributed by atoms with van der Waals surface area (Å²) in [4.78, 5) is 0.646. The molecule has 0 heterocycles. The van der Waals surface area contributed by atoms with Crippen molar-refractivity contribution < 1.29 is 2.85 Å². The molecule has 0 bridgehead atoms. The summed E-state index contributed by atoms with van der Waals surface area (Å²) in [5, 5.41) is 0. The van der Waals surface area contributed by atoms with Crippen molar-refractivity contribution in [2.75, 3.05) is 0 Å². The van der Waals surface area contributed by atoms with Crippen molar-refractivity contribution in [1.29, 1.82) is 0 Å². The molecule has 0 aliphatic heterocycles. The molecule has 0 N–H and O–H groups in total. The van der Waals surface area contributed by atoms with E-state index in [-0.39, 0.29) is 25.9 Å². The Labute approximate surface area is 60.6 Å². The molecule has 0 atom stereocenters. The second-order valence-electron chi connectivity index (χ2n) is 1.01. The Morgan fingerprint density at radius 3 is 1.60 bits per heavy atom. The maximum absolute atomic E-state index is 3.27. The standard InChI is InChI=1S/C3H7Br.Mg.2H/c1-3(2)4;;;/h3H,1-2H3;;;/q;+2;2*-1. The minimum atomic E-state index is 0. The molecule has 0 spiro atoms. The molecule has 5 heavy (non-hydrogen) atoms. The fourth-order valence-corrected chi connectivity index (χ4v) is 0. The van der Waals surface area contributed by atoms with E-state index in [0.717, 1.165) is 0 Å². The molecule has 2 heteroatoms. The quantitative estimate of drug-likeness (QED) is 0.363. The van der Waals surface area contributed by atoms with Crippen LogP contribution < -0.4 is 0 Å². The van der Waals surface area contributed by atoms with E-state index in [2.05, 4.69) is 29.8 Å². The van der Waals surface area contributed by atoms with E-state index in [1.165, 1.54) is 0 Å². The van der Waals surface area contributed by atoms with Gasteiger partial charge in [-0.1, -0.05) is 29.8 Å². The van der Waals surface area contributed by atoms with Gasteiger partial charge in [-0.05, 0) is 0 Å². The first kappa shape index (κ1) is 9.53. The van der Waals surface area contributed by atoms with Crippen molar-refractivity contribution in [1.82, 2.24) is 0 Å². The topological polar surface area (TPSA) is 0 Å². The molecule has 0 aromatic carbocycles. The predicted molar refractivity (Wildman–Crippen MR) is 32.0 cm³/mol. The molecule has 0 saturated heterocycles. The van der Waals surface area contributed by atoms with Crippen LogP contribution in [0, 0.1) is 0 Å². The first-order chi connectivity index (χ1) is 1.73. The molecule has 0 aromatic heterocycles. The normalized spacial score (nSPS) is 7.20. The van der Waals surface area contributed by atoms with Gasteiger partial charge in [0.25, 0.3) is 0 Å². The van der Waals surface area contributed by atoms with Crippen LogP contribution in [0.15, 0.2) is 0 Å². The summed E-state index contributed by atoms with van der Waals surface area (Å²) in [6, 6.07) is 0.